The Kier molecular flexibility index (Phi) is 10.2. The molecule has 6 rings (SSSR count). The molecule has 2 fully saturated rings. The van der Waals surface area contributed by atoms with Gasteiger partial charge in [0.25, 0.3) is 0 Å². The number of carboxylic acid groups (broad SMARTS) is 1. The highest BCUT2D eigenvalue weighted by atomic mass is 16.5. The second-order valence-corrected chi connectivity index (χ2v) is 13.0. The summed E-state index contributed by atoms with van der Waals surface area (Å²) in [5.41, 5.74) is 5.68. The summed E-state index contributed by atoms with van der Waals surface area (Å²) in [5, 5.41) is 14.0. The van der Waals surface area contributed by atoms with Crippen LogP contribution in [0.2, 0.25) is 0 Å². The molecule has 3 atom stereocenters. The molecule has 262 valence electrons. The minimum atomic E-state index is -1.20. The monoisotopic (exact) mass is 682 g/mol. The van der Waals surface area contributed by atoms with Crippen LogP contribution in [0, 0.1) is 5.92 Å². The number of carbonyl (C=O) groups is 4. The van der Waals surface area contributed by atoms with E-state index in [1.165, 1.54) is 7.11 Å². The zero-order chi connectivity index (χ0) is 35.4. The summed E-state index contributed by atoms with van der Waals surface area (Å²) < 4.78 is 4.74. The fourth-order valence-electron chi connectivity index (χ4n) is 6.68. The van der Waals surface area contributed by atoms with Crippen molar-refractivity contribution in [2.24, 2.45) is 5.92 Å². The number of hydrogen-bond acceptors (Lipinski definition) is 7. The first-order valence-corrected chi connectivity index (χ1v) is 16.8. The van der Waals surface area contributed by atoms with Gasteiger partial charge in [-0.15, -0.1) is 0 Å². The second kappa shape index (κ2) is 14.8. The Morgan fingerprint density at radius 2 is 1.50 bits per heavy atom. The average molecular weight is 683 g/mol. The molecule has 2 aliphatic rings. The number of hydrogen-bond donors (Lipinski definition) is 5. The first kappa shape index (κ1) is 34.2. The number of H-pyrrole nitrogens is 2. The van der Waals surface area contributed by atoms with Gasteiger partial charge in [0.2, 0.25) is 11.8 Å². The molecule has 14 nitrogen and oxygen atoms in total. The molecular formula is C36H42N8O6. The van der Waals surface area contributed by atoms with Gasteiger partial charge in [-0.25, -0.2) is 19.6 Å². The number of rotatable bonds is 10. The summed E-state index contributed by atoms with van der Waals surface area (Å²) in [5.74, 6) is 0.863. The molecule has 5 N–H and O–H groups in total. The van der Waals surface area contributed by atoms with Gasteiger partial charge in [-0.05, 0) is 53.9 Å². The molecule has 0 spiro atoms. The number of carbonyl (C=O) groups excluding carboxylic acids is 3. The lowest BCUT2D eigenvalue weighted by Crippen LogP contribution is -2.51. The standard InChI is InChI=1S/C36H42N8O6/c1-21(2)31(42-36(49)50-3)34(46)44-17-5-7-29(44)32-38-19-28(40-32)25-14-10-23(11-15-25)22-8-12-24(13-9-22)27-18-37-30(39-27)20-43-16-4-6-26(33(43)45)41-35(47)48/h8-15,18-19,21,26,29,31,41H,4-7,16-17,20H2,1-3H3,(H,37,39)(H,38,40)(H,42,49)(H,47,48). The predicted molar refractivity (Wildman–Crippen MR) is 184 cm³/mol. The van der Waals surface area contributed by atoms with Crippen LogP contribution in [0.1, 0.15) is 57.2 Å². The number of nitrogens with zero attached hydrogens (tertiary/aromatic N) is 4. The largest absolute Gasteiger partial charge is 0.465 e. The van der Waals surface area contributed by atoms with E-state index in [1.54, 1.807) is 22.2 Å². The van der Waals surface area contributed by atoms with E-state index >= 15 is 0 Å². The first-order valence-electron chi connectivity index (χ1n) is 16.8. The van der Waals surface area contributed by atoms with Gasteiger partial charge in [0, 0.05) is 13.1 Å². The van der Waals surface area contributed by atoms with Crippen molar-refractivity contribution in [1.29, 1.82) is 0 Å². The lowest BCUT2D eigenvalue weighted by molar-refractivity contribution is -0.136. The maximum Gasteiger partial charge on any atom is 0.407 e. The normalized spacial score (nSPS) is 18.3. The van der Waals surface area contributed by atoms with Crippen LogP contribution >= 0.6 is 0 Å². The molecule has 0 bridgehead atoms. The highest BCUT2D eigenvalue weighted by Crippen LogP contribution is 2.33. The minimum absolute atomic E-state index is 0.105. The van der Waals surface area contributed by atoms with Gasteiger partial charge in [-0.3, -0.25) is 9.59 Å². The third kappa shape index (κ3) is 7.48. The van der Waals surface area contributed by atoms with Gasteiger partial charge in [0.1, 0.15) is 23.7 Å². The van der Waals surface area contributed by atoms with Gasteiger partial charge in [-0.2, -0.15) is 0 Å². The van der Waals surface area contributed by atoms with E-state index in [9.17, 15) is 19.2 Å². The summed E-state index contributed by atoms with van der Waals surface area (Å²) in [6.45, 7) is 5.21. The molecule has 2 aromatic heterocycles. The van der Waals surface area contributed by atoms with Gasteiger partial charge in [-0.1, -0.05) is 62.4 Å². The van der Waals surface area contributed by atoms with E-state index in [2.05, 4.69) is 42.7 Å². The topological polar surface area (TPSA) is 186 Å². The molecule has 0 aliphatic carbocycles. The Labute approximate surface area is 289 Å². The van der Waals surface area contributed by atoms with E-state index in [1.807, 2.05) is 50.2 Å². The molecule has 4 amide bonds. The zero-order valence-electron chi connectivity index (χ0n) is 28.3. The van der Waals surface area contributed by atoms with Crippen LogP contribution in [-0.4, -0.2) is 91.1 Å². The number of nitrogens with one attached hydrogen (secondary N) is 4. The van der Waals surface area contributed by atoms with Crippen LogP contribution in [0.3, 0.4) is 0 Å². The van der Waals surface area contributed by atoms with Crippen molar-refractivity contribution < 1.29 is 29.0 Å². The fraction of sp³-hybridized carbons (Fsp3) is 0.389. The van der Waals surface area contributed by atoms with Crippen LogP contribution < -0.4 is 10.6 Å². The number of piperidine rings is 1. The number of alkyl carbamates (subject to hydrolysis) is 1. The summed E-state index contributed by atoms with van der Waals surface area (Å²) in [6, 6.07) is 14.7. The average Bonchev–Trinajstić information content (AvgIpc) is 3.90. The summed E-state index contributed by atoms with van der Waals surface area (Å²) in [7, 11) is 1.28. The smallest absolute Gasteiger partial charge is 0.407 e. The Balaban J connectivity index is 1.09. The second-order valence-electron chi connectivity index (χ2n) is 13.0. The lowest BCUT2D eigenvalue weighted by atomic mass is 10.0. The SMILES string of the molecule is COC(=O)NC(C(=O)N1CCCC1c1ncc(-c2ccc(-c3ccc(-c4cnc(CN5CCCC(NC(=O)O)C5=O)[nH]4)cc3)cc2)[nH]1)C(C)C. The van der Waals surface area contributed by atoms with E-state index < -0.39 is 24.3 Å². The molecule has 0 radical (unpaired) electrons. The van der Waals surface area contributed by atoms with Crippen molar-refractivity contribution in [3.05, 3.63) is 72.6 Å². The highest BCUT2D eigenvalue weighted by molar-refractivity contribution is 5.87. The Morgan fingerprint density at radius 3 is 2.12 bits per heavy atom. The molecule has 50 heavy (non-hydrogen) atoms. The molecule has 3 unspecified atom stereocenters. The molecule has 2 aliphatic heterocycles. The number of aromatic amines is 2. The van der Waals surface area contributed by atoms with Crippen LogP contribution in [0.15, 0.2) is 60.9 Å². The number of benzene rings is 2. The lowest BCUT2D eigenvalue weighted by Gasteiger charge is -2.31. The van der Waals surface area contributed by atoms with Crippen molar-refractivity contribution in [2.45, 2.75) is 64.2 Å². The summed E-state index contributed by atoms with van der Waals surface area (Å²) in [4.78, 5) is 68.4. The van der Waals surface area contributed by atoms with Gasteiger partial charge in [0.05, 0.1) is 43.5 Å². The first-order chi connectivity index (χ1) is 24.1. The molecular weight excluding hydrogens is 640 g/mol. The van der Waals surface area contributed by atoms with Crippen molar-refractivity contribution in [3.63, 3.8) is 0 Å². The molecule has 2 saturated heterocycles. The Hall–Kier alpha value is -5.66. The number of methoxy groups -OCH3 is 1. The molecule has 14 heteroatoms. The number of ether oxygens (including phenoxy) is 1. The fourth-order valence-corrected chi connectivity index (χ4v) is 6.68. The van der Waals surface area contributed by atoms with Gasteiger partial charge in [0.15, 0.2) is 0 Å². The number of amides is 4. The number of aromatic nitrogens is 4. The molecule has 4 aromatic rings. The third-order valence-corrected chi connectivity index (χ3v) is 9.36. The Morgan fingerprint density at radius 1 is 0.900 bits per heavy atom. The van der Waals surface area contributed by atoms with E-state index in [0.29, 0.717) is 25.3 Å². The maximum absolute atomic E-state index is 13.5. The predicted octanol–water partition coefficient (Wildman–Crippen LogP) is 4.94. The van der Waals surface area contributed by atoms with Gasteiger partial charge >= 0.3 is 12.2 Å². The molecule has 2 aromatic carbocycles. The van der Waals surface area contributed by atoms with Crippen molar-refractivity contribution in [2.75, 3.05) is 20.2 Å². The van der Waals surface area contributed by atoms with Crippen molar-refractivity contribution in [1.82, 2.24) is 40.4 Å². The Bertz CT molecular complexity index is 1830. The van der Waals surface area contributed by atoms with Crippen molar-refractivity contribution in [3.8, 4) is 33.6 Å². The quantitative estimate of drug-likeness (QED) is 0.156. The molecule has 4 heterocycles. The summed E-state index contributed by atoms with van der Waals surface area (Å²) in [6.07, 6.45) is 4.53. The summed E-state index contributed by atoms with van der Waals surface area (Å²) >= 11 is 0. The van der Waals surface area contributed by atoms with Crippen LogP contribution in [0.5, 0.6) is 0 Å². The van der Waals surface area contributed by atoms with E-state index in [0.717, 1.165) is 58.7 Å². The van der Waals surface area contributed by atoms with E-state index in [4.69, 9.17) is 9.84 Å². The number of likely N-dealkylation sites (tertiary alicyclic amines) is 2. The maximum atomic E-state index is 13.5. The van der Waals surface area contributed by atoms with Crippen molar-refractivity contribution >= 4 is 24.0 Å². The number of imidazole rings is 2. The minimum Gasteiger partial charge on any atom is -0.465 e. The highest BCUT2D eigenvalue weighted by Gasteiger charge is 2.37. The van der Waals surface area contributed by atoms with E-state index in [-0.39, 0.29) is 30.3 Å². The van der Waals surface area contributed by atoms with Crippen LogP contribution in [-0.2, 0) is 20.9 Å². The van der Waals surface area contributed by atoms with Crippen LogP contribution in [0.4, 0.5) is 9.59 Å². The zero-order valence-corrected chi connectivity index (χ0v) is 28.3. The van der Waals surface area contributed by atoms with Gasteiger partial charge < -0.3 is 40.2 Å². The molecule has 0 saturated carbocycles. The van der Waals surface area contributed by atoms with Crippen LogP contribution in [0.25, 0.3) is 33.6 Å². The third-order valence-electron chi connectivity index (χ3n) is 9.36.